The van der Waals surface area contributed by atoms with Gasteiger partial charge in [-0.15, -0.1) is 0 Å². The Hall–Kier alpha value is -1.35. The highest BCUT2D eigenvalue weighted by atomic mass is 35.5. The molecule has 0 bridgehead atoms. The summed E-state index contributed by atoms with van der Waals surface area (Å²) in [6, 6.07) is 7.96. The average Bonchev–Trinajstić information content (AvgIpc) is 2.67. The Kier molecular flexibility index (Phi) is 9.01. The minimum Gasteiger partial charge on any atom is -0.379 e. The van der Waals surface area contributed by atoms with Crippen molar-refractivity contribution in [3.8, 4) is 0 Å². The van der Waals surface area contributed by atoms with Crippen LogP contribution in [0.1, 0.15) is 24.9 Å². The Balaban J connectivity index is 2.01. The number of hydrogen-bond donors (Lipinski definition) is 2. The van der Waals surface area contributed by atoms with Crippen molar-refractivity contribution in [2.24, 2.45) is 4.99 Å². The van der Waals surface area contributed by atoms with Gasteiger partial charge in [-0.1, -0.05) is 29.8 Å². The summed E-state index contributed by atoms with van der Waals surface area (Å²) >= 11 is 6.47. The molecule has 1 heterocycles. The second-order valence-electron chi connectivity index (χ2n) is 7.10. The van der Waals surface area contributed by atoms with E-state index in [1.54, 1.807) is 7.05 Å². The van der Waals surface area contributed by atoms with Gasteiger partial charge in [-0.2, -0.15) is 0 Å². The molecule has 1 aromatic carbocycles. The molecule has 9 heteroatoms. The fourth-order valence-electron chi connectivity index (χ4n) is 3.15. The Morgan fingerprint density at radius 1 is 1.32 bits per heavy atom. The monoisotopic (exact) mass is 430 g/mol. The summed E-state index contributed by atoms with van der Waals surface area (Å²) in [6.07, 6.45) is 1.78. The van der Waals surface area contributed by atoms with Gasteiger partial charge in [0.15, 0.2) is 5.96 Å². The van der Waals surface area contributed by atoms with Gasteiger partial charge in [0.1, 0.15) is 9.84 Å². The molecule has 0 saturated carbocycles. The van der Waals surface area contributed by atoms with Crippen molar-refractivity contribution >= 4 is 27.4 Å². The number of benzene rings is 1. The maximum atomic E-state index is 11.4. The van der Waals surface area contributed by atoms with E-state index in [-0.39, 0.29) is 17.8 Å². The molecular formula is C19H31ClN4O3S. The van der Waals surface area contributed by atoms with Crippen molar-refractivity contribution in [1.29, 1.82) is 0 Å². The van der Waals surface area contributed by atoms with Crippen molar-refractivity contribution in [3.05, 3.63) is 34.9 Å². The molecule has 2 atom stereocenters. The molecule has 0 aliphatic carbocycles. The van der Waals surface area contributed by atoms with E-state index in [1.807, 2.05) is 25.1 Å². The van der Waals surface area contributed by atoms with Crippen molar-refractivity contribution in [2.45, 2.75) is 25.4 Å². The summed E-state index contributed by atoms with van der Waals surface area (Å²) in [7, 11) is -1.27. The minimum atomic E-state index is -2.98. The molecule has 1 aliphatic rings. The Morgan fingerprint density at radius 3 is 2.61 bits per heavy atom. The van der Waals surface area contributed by atoms with Gasteiger partial charge in [0.25, 0.3) is 0 Å². The topological polar surface area (TPSA) is 83.0 Å². The lowest BCUT2D eigenvalue weighted by molar-refractivity contribution is 0.0170. The second-order valence-corrected chi connectivity index (χ2v) is 9.77. The first-order valence-electron chi connectivity index (χ1n) is 9.51. The summed E-state index contributed by atoms with van der Waals surface area (Å²) in [5, 5.41) is 7.37. The number of hydrogen-bond acceptors (Lipinski definition) is 5. The summed E-state index contributed by atoms with van der Waals surface area (Å²) < 4.78 is 28.2. The maximum Gasteiger partial charge on any atom is 0.191 e. The standard InChI is InChI=1S/C19H31ClN4O3S/c1-15(8-13-28(3,25)26)23-19(21-2)22-14-18(24-9-11-27-12-10-24)16-6-4-5-7-17(16)20/h4-7,15,18H,8-14H2,1-3H3,(H2,21,22,23). The van der Waals surface area contributed by atoms with Crippen molar-refractivity contribution in [1.82, 2.24) is 15.5 Å². The van der Waals surface area contributed by atoms with Gasteiger partial charge in [0.2, 0.25) is 0 Å². The number of nitrogens with zero attached hydrogens (tertiary/aromatic N) is 2. The summed E-state index contributed by atoms with van der Waals surface area (Å²) in [6.45, 7) is 5.67. The van der Waals surface area contributed by atoms with Gasteiger partial charge < -0.3 is 15.4 Å². The van der Waals surface area contributed by atoms with Gasteiger partial charge >= 0.3 is 0 Å². The number of ether oxygens (including phenoxy) is 1. The van der Waals surface area contributed by atoms with E-state index in [1.165, 1.54) is 6.26 Å². The number of rotatable bonds is 8. The van der Waals surface area contributed by atoms with Crippen LogP contribution in [0.3, 0.4) is 0 Å². The smallest absolute Gasteiger partial charge is 0.191 e. The van der Waals surface area contributed by atoms with Gasteiger partial charge in [-0.05, 0) is 25.0 Å². The van der Waals surface area contributed by atoms with Crippen LogP contribution in [0.15, 0.2) is 29.3 Å². The van der Waals surface area contributed by atoms with Gasteiger partial charge in [-0.3, -0.25) is 9.89 Å². The van der Waals surface area contributed by atoms with Crippen LogP contribution in [0.2, 0.25) is 5.02 Å². The lowest BCUT2D eigenvalue weighted by atomic mass is 10.0. The zero-order valence-corrected chi connectivity index (χ0v) is 18.4. The largest absolute Gasteiger partial charge is 0.379 e. The first kappa shape index (κ1) is 22.9. The molecular weight excluding hydrogens is 400 g/mol. The Labute approximate surface area is 173 Å². The quantitative estimate of drug-likeness (QED) is 0.482. The predicted molar refractivity (Wildman–Crippen MR) is 115 cm³/mol. The van der Waals surface area contributed by atoms with Crippen LogP contribution in [0.4, 0.5) is 0 Å². The van der Waals surface area contributed by atoms with E-state index in [0.29, 0.717) is 32.1 Å². The lowest BCUT2D eigenvalue weighted by Crippen LogP contribution is -2.48. The zero-order valence-electron chi connectivity index (χ0n) is 16.8. The van der Waals surface area contributed by atoms with Crippen LogP contribution in [0, 0.1) is 0 Å². The fraction of sp³-hybridized carbons (Fsp3) is 0.632. The summed E-state index contributed by atoms with van der Waals surface area (Å²) in [5.41, 5.74) is 1.07. The van der Waals surface area contributed by atoms with Crippen LogP contribution >= 0.6 is 11.6 Å². The highest BCUT2D eigenvalue weighted by molar-refractivity contribution is 7.90. The maximum absolute atomic E-state index is 11.4. The molecule has 0 radical (unpaired) electrons. The van der Waals surface area contributed by atoms with Gasteiger partial charge in [0.05, 0.1) is 25.0 Å². The number of aliphatic imine (C=N–C) groups is 1. The fourth-order valence-corrected chi connectivity index (χ4v) is 4.20. The van der Waals surface area contributed by atoms with Crippen LogP contribution in [-0.2, 0) is 14.6 Å². The molecule has 1 fully saturated rings. The molecule has 2 N–H and O–H groups in total. The number of nitrogens with one attached hydrogen (secondary N) is 2. The third-order valence-electron chi connectivity index (χ3n) is 4.74. The number of guanidine groups is 1. The Bertz CT molecular complexity index is 751. The van der Waals surface area contributed by atoms with Crippen molar-refractivity contribution < 1.29 is 13.2 Å². The van der Waals surface area contributed by atoms with Crippen LogP contribution in [0.5, 0.6) is 0 Å². The normalized spacial score (nSPS) is 18.5. The third-order valence-corrected chi connectivity index (χ3v) is 6.06. The van der Waals surface area contributed by atoms with E-state index in [0.717, 1.165) is 23.7 Å². The average molecular weight is 431 g/mol. The van der Waals surface area contributed by atoms with Gasteiger partial charge in [0, 0.05) is 44.0 Å². The number of halogens is 1. The van der Waals surface area contributed by atoms with E-state index < -0.39 is 9.84 Å². The SMILES string of the molecule is CN=C(NCC(c1ccccc1Cl)N1CCOCC1)NC(C)CCS(C)(=O)=O. The molecule has 1 aliphatic heterocycles. The summed E-state index contributed by atoms with van der Waals surface area (Å²) in [4.78, 5) is 6.63. The summed E-state index contributed by atoms with van der Waals surface area (Å²) in [5.74, 6) is 0.792. The molecule has 2 rings (SSSR count). The molecule has 158 valence electrons. The highest BCUT2D eigenvalue weighted by Gasteiger charge is 2.24. The molecule has 1 saturated heterocycles. The molecule has 28 heavy (non-hydrogen) atoms. The molecule has 0 spiro atoms. The Morgan fingerprint density at radius 2 is 2.00 bits per heavy atom. The second kappa shape index (κ2) is 11.0. The van der Waals surface area contributed by atoms with Crippen molar-refractivity contribution in [3.63, 3.8) is 0 Å². The lowest BCUT2D eigenvalue weighted by Gasteiger charge is -2.35. The first-order chi connectivity index (χ1) is 13.3. The van der Waals surface area contributed by atoms with E-state index in [9.17, 15) is 8.42 Å². The predicted octanol–water partition coefficient (Wildman–Crippen LogP) is 1.70. The van der Waals surface area contributed by atoms with E-state index in [4.69, 9.17) is 16.3 Å². The minimum absolute atomic E-state index is 0.0110. The molecule has 2 unspecified atom stereocenters. The molecule has 1 aromatic rings. The van der Waals surface area contributed by atoms with E-state index in [2.05, 4.69) is 26.6 Å². The van der Waals surface area contributed by atoms with Crippen LogP contribution < -0.4 is 10.6 Å². The van der Waals surface area contributed by atoms with Crippen LogP contribution in [-0.4, -0.2) is 77.2 Å². The highest BCUT2D eigenvalue weighted by Crippen LogP contribution is 2.27. The molecule has 0 amide bonds. The molecule has 7 nitrogen and oxygen atoms in total. The third kappa shape index (κ3) is 7.58. The number of morpholine rings is 1. The van der Waals surface area contributed by atoms with Crippen LogP contribution in [0.25, 0.3) is 0 Å². The molecule has 0 aromatic heterocycles. The number of sulfone groups is 1. The van der Waals surface area contributed by atoms with Gasteiger partial charge in [-0.25, -0.2) is 8.42 Å². The zero-order chi connectivity index (χ0) is 20.6. The first-order valence-corrected chi connectivity index (χ1v) is 11.9. The van der Waals surface area contributed by atoms with E-state index >= 15 is 0 Å². The van der Waals surface area contributed by atoms with Crippen molar-refractivity contribution in [2.75, 3.05) is 51.9 Å².